The van der Waals surface area contributed by atoms with Crippen molar-refractivity contribution in [2.24, 2.45) is 5.41 Å². The monoisotopic (exact) mass is 293 g/mol. The van der Waals surface area contributed by atoms with Gasteiger partial charge in [-0.1, -0.05) is 43.0 Å². The SMILES string of the molecule is CCOC1CC(Nc2ccccc2Cl)C12CCCCC2. The minimum atomic E-state index is 0.341. The van der Waals surface area contributed by atoms with Crippen molar-refractivity contribution in [1.82, 2.24) is 0 Å². The Morgan fingerprint density at radius 2 is 2.00 bits per heavy atom. The molecule has 1 aromatic rings. The van der Waals surface area contributed by atoms with Crippen molar-refractivity contribution in [3.8, 4) is 0 Å². The number of hydrogen-bond acceptors (Lipinski definition) is 2. The van der Waals surface area contributed by atoms with Crippen LogP contribution in [0.5, 0.6) is 0 Å². The zero-order valence-electron chi connectivity index (χ0n) is 12.2. The highest BCUT2D eigenvalue weighted by molar-refractivity contribution is 6.33. The van der Waals surface area contributed by atoms with Gasteiger partial charge in [-0.15, -0.1) is 0 Å². The molecule has 2 aliphatic carbocycles. The second-order valence-corrected chi connectivity index (χ2v) is 6.56. The molecule has 0 radical (unpaired) electrons. The number of para-hydroxylation sites is 1. The summed E-state index contributed by atoms with van der Waals surface area (Å²) < 4.78 is 6.00. The van der Waals surface area contributed by atoms with Gasteiger partial charge >= 0.3 is 0 Å². The molecule has 0 amide bonds. The molecule has 2 atom stereocenters. The largest absolute Gasteiger partial charge is 0.380 e. The fraction of sp³-hybridized carbons (Fsp3) is 0.647. The molecule has 0 heterocycles. The van der Waals surface area contributed by atoms with E-state index in [1.165, 1.54) is 32.1 Å². The lowest BCUT2D eigenvalue weighted by Gasteiger charge is -2.58. The molecule has 2 nitrogen and oxygen atoms in total. The van der Waals surface area contributed by atoms with E-state index in [0.29, 0.717) is 17.6 Å². The highest BCUT2D eigenvalue weighted by Gasteiger charge is 2.55. The first kappa shape index (κ1) is 14.2. The molecular weight excluding hydrogens is 270 g/mol. The van der Waals surface area contributed by atoms with Crippen molar-refractivity contribution in [2.45, 2.75) is 57.6 Å². The first-order chi connectivity index (χ1) is 9.76. The van der Waals surface area contributed by atoms with Crippen LogP contribution in [0.1, 0.15) is 45.4 Å². The van der Waals surface area contributed by atoms with Gasteiger partial charge in [0.25, 0.3) is 0 Å². The number of hydrogen-bond donors (Lipinski definition) is 1. The highest BCUT2D eigenvalue weighted by Crippen LogP contribution is 2.54. The number of anilines is 1. The quantitative estimate of drug-likeness (QED) is 0.854. The van der Waals surface area contributed by atoms with Crippen LogP contribution in [0.25, 0.3) is 0 Å². The van der Waals surface area contributed by atoms with Crippen LogP contribution in [0.4, 0.5) is 5.69 Å². The lowest BCUT2D eigenvalue weighted by atomic mass is 9.55. The minimum absolute atomic E-state index is 0.341. The molecule has 2 fully saturated rings. The van der Waals surface area contributed by atoms with E-state index >= 15 is 0 Å². The third-order valence-electron chi connectivity index (χ3n) is 5.14. The lowest BCUT2D eigenvalue weighted by Crippen LogP contribution is -2.62. The Balaban J connectivity index is 1.75. The second-order valence-electron chi connectivity index (χ2n) is 6.15. The predicted octanol–water partition coefficient (Wildman–Crippen LogP) is 4.88. The van der Waals surface area contributed by atoms with E-state index in [4.69, 9.17) is 16.3 Å². The van der Waals surface area contributed by atoms with Crippen LogP contribution in [0.3, 0.4) is 0 Å². The van der Waals surface area contributed by atoms with E-state index in [2.05, 4.69) is 18.3 Å². The third-order valence-corrected chi connectivity index (χ3v) is 5.47. The maximum atomic E-state index is 6.28. The smallest absolute Gasteiger partial charge is 0.0670 e. The topological polar surface area (TPSA) is 21.3 Å². The molecular formula is C17H24ClNO. The van der Waals surface area contributed by atoms with Gasteiger partial charge in [-0.25, -0.2) is 0 Å². The molecule has 0 saturated heterocycles. The Hall–Kier alpha value is -0.730. The summed E-state index contributed by atoms with van der Waals surface area (Å²) in [4.78, 5) is 0. The fourth-order valence-corrected chi connectivity index (χ4v) is 4.22. The Labute approximate surface area is 126 Å². The molecule has 1 aromatic carbocycles. The van der Waals surface area contributed by atoms with Crippen LogP contribution in [-0.4, -0.2) is 18.8 Å². The molecule has 2 aliphatic rings. The molecule has 3 rings (SSSR count). The second kappa shape index (κ2) is 5.95. The molecule has 110 valence electrons. The van der Waals surface area contributed by atoms with Crippen molar-refractivity contribution in [3.63, 3.8) is 0 Å². The standard InChI is InChI=1S/C17H24ClNO/c1-2-20-16-12-15(17(16)10-6-3-7-11-17)19-14-9-5-4-8-13(14)18/h4-5,8-9,15-16,19H,2-3,6-7,10-12H2,1H3. The van der Waals surface area contributed by atoms with Crippen molar-refractivity contribution >= 4 is 17.3 Å². The third kappa shape index (κ3) is 2.44. The van der Waals surface area contributed by atoms with Gasteiger partial charge in [-0.2, -0.15) is 0 Å². The lowest BCUT2D eigenvalue weighted by molar-refractivity contribution is -0.134. The van der Waals surface area contributed by atoms with Gasteiger partial charge < -0.3 is 10.1 Å². The number of rotatable bonds is 4. The maximum absolute atomic E-state index is 6.28. The Morgan fingerprint density at radius 3 is 2.70 bits per heavy atom. The molecule has 3 heteroatoms. The average molecular weight is 294 g/mol. The minimum Gasteiger partial charge on any atom is -0.380 e. The summed E-state index contributed by atoms with van der Waals surface area (Å²) in [6, 6.07) is 8.57. The summed E-state index contributed by atoms with van der Waals surface area (Å²) in [7, 11) is 0. The van der Waals surface area contributed by atoms with Crippen LogP contribution >= 0.6 is 11.6 Å². The van der Waals surface area contributed by atoms with Crippen LogP contribution in [0.2, 0.25) is 5.02 Å². The summed E-state index contributed by atoms with van der Waals surface area (Å²) in [6.45, 7) is 2.93. The zero-order valence-corrected chi connectivity index (χ0v) is 13.0. The average Bonchev–Trinajstić information content (AvgIpc) is 2.49. The van der Waals surface area contributed by atoms with E-state index in [-0.39, 0.29) is 0 Å². The van der Waals surface area contributed by atoms with Crippen LogP contribution in [-0.2, 0) is 4.74 Å². The van der Waals surface area contributed by atoms with Crippen molar-refractivity contribution in [2.75, 3.05) is 11.9 Å². The van der Waals surface area contributed by atoms with Crippen molar-refractivity contribution in [1.29, 1.82) is 0 Å². The fourth-order valence-electron chi connectivity index (χ4n) is 4.03. The molecule has 1 N–H and O–H groups in total. The van der Waals surface area contributed by atoms with E-state index in [1.807, 2.05) is 18.2 Å². The van der Waals surface area contributed by atoms with Gasteiger partial charge in [0.2, 0.25) is 0 Å². The molecule has 2 saturated carbocycles. The molecule has 0 aliphatic heterocycles. The van der Waals surface area contributed by atoms with Gasteiger partial charge in [-0.3, -0.25) is 0 Å². The Kier molecular flexibility index (Phi) is 4.23. The van der Waals surface area contributed by atoms with Gasteiger partial charge in [0.15, 0.2) is 0 Å². The number of benzene rings is 1. The van der Waals surface area contributed by atoms with Gasteiger partial charge in [0, 0.05) is 18.1 Å². The van der Waals surface area contributed by atoms with Gasteiger partial charge in [-0.05, 0) is 38.3 Å². The van der Waals surface area contributed by atoms with E-state index in [9.17, 15) is 0 Å². The van der Waals surface area contributed by atoms with Crippen LogP contribution in [0.15, 0.2) is 24.3 Å². The van der Waals surface area contributed by atoms with E-state index < -0.39 is 0 Å². The van der Waals surface area contributed by atoms with E-state index in [0.717, 1.165) is 23.7 Å². The Morgan fingerprint density at radius 1 is 1.25 bits per heavy atom. The molecule has 0 aromatic heterocycles. The Bertz CT molecular complexity index is 456. The van der Waals surface area contributed by atoms with Crippen molar-refractivity contribution < 1.29 is 4.74 Å². The normalized spacial score (nSPS) is 28.1. The van der Waals surface area contributed by atoms with Crippen LogP contribution < -0.4 is 5.32 Å². The predicted molar refractivity (Wildman–Crippen MR) is 84.4 cm³/mol. The highest BCUT2D eigenvalue weighted by atomic mass is 35.5. The molecule has 0 bridgehead atoms. The first-order valence-corrected chi connectivity index (χ1v) is 8.27. The summed E-state index contributed by atoms with van der Waals surface area (Å²) in [5, 5.41) is 4.50. The zero-order chi connectivity index (χ0) is 14.0. The van der Waals surface area contributed by atoms with Gasteiger partial charge in [0.1, 0.15) is 0 Å². The summed E-state index contributed by atoms with van der Waals surface area (Å²) >= 11 is 6.28. The first-order valence-electron chi connectivity index (χ1n) is 7.89. The van der Waals surface area contributed by atoms with Gasteiger partial charge in [0.05, 0.1) is 16.8 Å². The molecule has 20 heavy (non-hydrogen) atoms. The van der Waals surface area contributed by atoms with Crippen LogP contribution in [0, 0.1) is 5.41 Å². The summed E-state index contributed by atoms with van der Waals surface area (Å²) in [5.41, 5.74) is 1.41. The van der Waals surface area contributed by atoms with Crippen molar-refractivity contribution in [3.05, 3.63) is 29.3 Å². The maximum Gasteiger partial charge on any atom is 0.0670 e. The number of nitrogens with one attached hydrogen (secondary N) is 1. The molecule has 1 spiro atoms. The number of ether oxygens (including phenoxy) is 1. The summed E-state index contributed by atoms with van der Waals surface area (Å²) in [6.07, 6.45) is 8.18. The summed E-state index contributed by atoms with van der Waals surface area (Å²) in [5.74, 6) is 0. The molecule has 2 unspecified atom stereocenters. The van der Waals surface area contributed by atoms with E-state index in [1.54, 1.807) is 0 Å². The number of halogens is 1.